The third kappa shape index (κ3) is 2.09. The summed E-state index contributed by atoms with van der Waals surface area (Å²) in [6.45, 7) is 5.06. The fraction of sp³-hybridized carbons (Fsp3) is 0.545. The van der Waals surface area contributed by atoms with Crippen LogP contribution in [0.15, 0.2) is 31.3 Å². The topological polar surface area (TPSA) is 78.1 Å². The van der Waals surface area contributed by atoms with Gasteiger partial charge in [-0.1, -0.05) is 20.3 Å². The minimum absolute atomic E-state index is 0.216. The second-order valence-electron chi connectivity index (χ2n) is 9.23. The SMILES string of the molecule is CCC1(C)CC2CC1CC2Cn1c(=O)c2cc3c(=O)n(C)c(=O)c3cc2c1=O. The van der Waals surface area contributed by atoms with Crippen LogP contribution in [0.1, 0.15) is 39.5 Å². The van der Waals surface area contributed by atoms with E-state index in [9.17, 15) is 19.2 Å². The fourth-order valence-corrected chi connectivity index (χ4v) is 6.00. The van der Waals surface area contributed by atoms with E-state index in [0.717, 1.165) is 11.0 Å². The molecule has 2 bridgehead atoms. The van der Waals surface area contributed by atoms with Crippen molar-refractivity contribution in [3.63, 3.8) is 0 Å². The van der Waals surface area contributed by atoms with Gasteiger partial charge < -0.3 is 0 Å². The molecule has 2 saturated carbocycles. The Morgan fingerprint density at radius 2 is 1.46 bits per heavy atom. The molecular formula is C22H24N2O4. The maximum Gasteiger partial charge on any atom is 0.261 e. The number of aromatic nitrogens is 2. The van der Waals surface area contributed by atoms with Gasteiger partial charge in [0.25, 0.3) is 22.2 Å². The molecule has 0 saturated heterocycles. The molecule has 2 aliphatic rings. The number of hydrogen-bond acceptors (Lipinski definition) is 4. The molecule has 2 heterocycles. The van der Waals surface area contributed by atoms with Crippen LogP contribution in [0.5, 0.6) is 0 Å². The highest BCUT2D eigenvalue weighted by atomic mass is 16.2. The Balaban J connectivity index is 1.59. The molecule has 5 rings (SSSR count). The second-order valence-corrected chi connectivity index (χ2v) is 9.23. The largest absolute Gasteiger partial charge is 0.277 e. The monoisotopic (exact) mass is 380 g/mol. The summed E-state index contributed by atoms with van der Waals surface area (Å²) in [4.78, 5) is 50.4. The standard InChI is InChI=1S/C22H24N2O4/c1-4-22(2)9-11-5-13(22)6-12(11)10-24-20(27)16-7-14-15(8-17(16)21(24)28)19(26)23(3)18(14)25/h7-8,11-13H,4-6,9-10H2,1-3H3. The quantitative estimate of drug-likeness (QED) is 0.695. The average Bonchev–Trinajstić information content (AvgIpc) is 3.36. The molecule has 2 fully saturated rings. The lowest BCUT2D eigenvalue weighted by Crippen LogP contribution is -2.34. The molecule has 1 aromatic carbocycles. The van der Waals surface area contributed by atoms with Crippen LogP contribution in [0.4, 0.5) is 0 Å². The summed E-state index contributed by atoms with van der Waals surface area (Å²) in [5, 5.41) is 0.935. The van der Waals surface area contributed by atoms with Gasteiger partial charge in [-0.3, -0.25) is 28.3 Å². The highest BCUT2D eigenvalue weighted by Crippen LogP contribution is 2.59. The zero-order chi connectivity index (χ0) is 20.0. The van der Waals surface area contributed by atoms with Gasteiger partial charge in [-0.2, -0.15) is 0 Å². The molecule has 28 heavy (non-hydrogen) atoms. The Bertz CT molecular complexity index is 1260. The summed E-state index contributed by atoms with van der Waals surface area (Å²) in [6, 6.07) is 2.87. The van der Waals surface area contributed by atoms with Crippen molar-refractivity contribution in [1.82, 2.24) is 9.13 Å². The van der Waals surface area contributed by atoms with E-state index in [1.54, 1.807) is 0 Å². The Hall–Kier alpha value is -2.50. The molecule has 0 aliphatic heterocycles. The predicted octanol–water partition coefficient (Wildman–Crippen LogP) is 1.91. The molecule has 0 radical (unpaired) electrons. The lowest BCUT2D eigenvalue weighted by atomic mass is 9.70. The van der Waals surface area contributed by atoms with Crippen molar-refractivity contribution in [3.05, 3.63) is 53.5 Å². The summed E-state index contributed by atoms with van der Waals surface area (Å²) < 4.78 is 2.36. The van der Waals surface area contributed by atoms with E-state index >= 15 is 0 Å². The first kappa shape index (κ1) is 17.6. The van der Waals surface area contributed by atoms with E-state index in [-0.39, 0.29) is 32.7 Å². The highest BCUT2D eigenvalue weighted by molar-refractivity contribution is 5.97. The van der Waals surface area contributed by atoms with Crippen LogP contribution in [0.3, 0.4) is 0 Å². The minimum atomic E-state index is -0.423. The molecule has 146 valence electrons. The van der Waals surface area contributed by atoms with Crippen LogP contribution < -0.4 is 22.2 Å². The van der Waals surface area contributed by atoms with E-state index in [0.29, 0.717) is 29.7 Å². The van der Waals surface area contributed by atoms with Crippen molar-refractivity contribution in [2.24, 2.45) is 30.2 Å². The third-order valence-corrected chi connectivity index (χ3v) is 7.96. The van der Waals surface area contributed by atoms with Gasteiger partial charge in [-0.25, -0.2) is 0 Å². The van der Waals surface area contributed by atoms with Gasteiger partial charge in [0.05, 0.1) is 21.5 Å². The van der Waals surface area contributed by atoms with Crippen LogP contribution in [0.25, 0.3) is 21.5 Å². The molecule has 2 aliphatic carbocycles. The van der Waals surface area contributed by atoms with Crippen LogP contribution in [0, 0.1) is 23.2 Å². The molecule has 6 nitrogen and oxygen atoms in total. The average molecular weight is 380 g/mol. The van der Waals surface area contributed by atoms with Crippen LogP contribution >= 0.6 is 0 Å². The smallest absolute Gasteiger partial charge is 0.261 e. The van der Waals surface area contributed by atoms with Gasteiger partial charge in [0.2, 0.25) is 0 Å². The summed E-state index contributed by atoms with van der Waals surface area (Å²) in [7, 11) is 1.41. The van der Waals surface area contributed by atoms with E-state index in [1.165, 1.54) is 43.0 Å². The van der Waals surface area contributed by atoms with Gasteiger partial charge in [0.15, 0.2) is 0 Å². The van der Waals surface area contributed by atoms with Crippen molar-refractivity contribution in [2.75, 3.05) is 0 Å². The molecule has 4 unspecified atom stereocenters. The minimum Gasteiger partial charge on any atom is -0.277 e. The summed E-state index contributed by atoms with van der Waals surface area (Å²) >= 11 is 0. The van der Waals surface area contributed by atoms with Crippen LogP contribution in [-0.2, 0) is 13.6 Å². The maximum atomic E-state index is 12.9. The van der Waals surface area contributed by atoms with E-state index < -0.39 is 11.1 Å². The lowest BCUT2D eigenvalue weighted by molar-refractivity contribution is 0.136. The van der Waals surface area contributed by atoms with Crippen LogP contribution in [-0.4, -0.2) is 9.13 Å². The van der Waals surface area contributed by atoms with Crippen LogP contribution in [0.2, 0.25) is 0 Å². The number of benzene rings is 1. The predicted molar refractivity (Wildman–Crippen MR) is 109 cm³/mol. The van der Waals surface area contributed by atoms with E-state index in [1.807, 2.05) is 0 Å². The summed E-state index contributed by atoms with van der Waals surface area (Å²) in [5.74, 6) is 1.60. The van der Waals surface area contributed by atoms with Crippen molar-refractivity contribution < 1.29 is 0 Å². The third-order valence-electron chi connectivity index (χ3n) is 7.96. The van der Waals surface area contributed by atoms with Gasteiger partial charge in [-0.15, -0.1) is 0 Å². The first-order chi connectivity index (χ1) is 13.2. The fourth-order valence-electron chi connectivity index (χ4n) is 6.00. The zero-order valence-electron chi connectivity index (χ0n) is 16.4. The number of hydrogen-bond donors (Lipinski definition) is 0. The Labute approximate surface area is 161 Å². The van der Waals surface area contributed by atoms with Gasteiger partial charge >= 0.3 is 0 Å². The Kier molecular flexibility index (Phi) is 3.47. The van der Waals surface area contributed by atoms with Gasteiger partial charge in [0, 0.05) is 13.6 Å². The zero-order valence-corrected chi connectivity index (χ0v) is 16.4. The first-order valence-corrected chi connectivity index (χ1v) is 10.1. The molecule has 0 spiro atoms. The van der Waals surface area contributed by atoms with Gasteiger partial charge in [-0.05, 0) is 54.6 Å². The summed E-state index contributed by atoms with van der Waals surface area (Å²) in [5.41, 5.74) is -1.12. The molecule has 6 heteroatoms. The molecule has 3 aromatic rings. The number of nitrogens with zero attached hydrogens (tertiary/aromatic N) is 2. The molecule has 4 atom stereocenters. The lowest BCUT2D eigenvalue weighted by Gasteiger charge is -2.36. The maximum absolute atomic E-state index is 12.9. The molecular weight excluding hydrogens is 356 g/mol. The van der Waals surface area contributed by atoms with E-state index in [2.05, 4.69) is 13.8 Å². The molecule has 0 amide bonds. The number of rotatable bonds is 3. The summed E-state index contributed by atoms with van der Waals surface area (Å²) in [6.07, 6.45) is 4.62. The van der Waals surface area contributed by atoms with Crippen molar-refractivity contribution in [2.45, 2.75) is 46.1 Å². The van der Waals surface area contributed by atoms with Crippen molar-refractivity contribution >= 4 is 21.5 Å². The van der Waals surface area contributed by atoms with Crippen molar-refractivity contribution in [3.8, 4) is 0 Å². The molecule has 2 aromatic heterocycles. The Morgan fingerprint density at radius 3 is 1.93 bits per heavy atom. The molecule has 0 N–H and O–H groups in total. The Morgan fingerprint density at radius 1 is 0.929 bits per heavy atom. The first-order valence-electron chi connectivity index (χ1n) is 10.1. The van der Waals surface area contributed by atoms with Gasteiger partial charge in [0.1, 0.15) is 0 Å². The number of fused-ring (bicyclic) bond motifs is 4. The second kappa shape index (κ2) is 5.52. The van der Waals surface area contributed by atoms with Crippen molar-refractivity contribution in [1.29, 1.82) is 0 Å². The highest BCUT2D eigenvalue weighted by Gasteiger charge is 2.51. The normalized spacial score (nSPS) is 29.5. The van der Waals surface area contributed by atoms with E-state index in [4.69, 9.17) is 0 Å².